The van der Waals surface area contributed by atoms with E-state index in [0.29, 0.717) is 6.04 Å². The summed E-state index contributed by atoms with van der Waals surface area (Å²) in [7, 11) is 0. The van der Waals surface area contributed by atoms with Crippen LogP contribution in [0, 0.1) is 0 Å². The van der Waals surface area contributed by atoms with E-state index < -0.39 is 0 Å². The molecule has 0 radical (unpaired) electrons. The van der Waals surface area contributed by atoms with Gasteiger partial charge in [0.1, 0.15) is 0 Å². The molecular weight excluding hydrogens is 262 g/mol. The van der Waals surface area contributed by atoms with Gasteiger partial charge in [0.05, 0.1) is 0 Å². The normalized spacial score (nSPS) is 13.1. The Bertz CT molecular complexity index is 264. The van der Waals surface area contributed by atoms with E-state index in [1.165, 1.54) is 4.88 Å². The number of aliphatic hydroxyl groups excluding tert-OH is 1. The topological polar surface area (TPSA) is 32.3 Å². The molecule has 0 aromatic carbocycles. The van der Waals surface area contributed by atoms with E-state index in [4.69, 9.17) is 5.11 Å². The Morgan fingerprint density at radius 1 is 1.64 bits per heavy atom. The van der Waals surface area contributed by atoms with Crippen molar-refractivity contribution >= 4 is 27.3 Å². The second kappa shape index (κ2) is 6.56. The first-order valence-electron chi connectivity index (χ1n) is 4.86. The molecule has 0 spiro atoms. The van der Waals surface area contributed by atoms with Gasteiger partial charge in [0.2, 0.25) is 0 Å². The molecule has 0 saturated heterocycles. The molecule has 1 unspecified atom stereocenters. The van der Waals surface area contributed by atoms with Gasteiger partial charge in [-0.05, 0) is 41.4 Å². The van der Waals surface area contributed by atoms with Crippen molar-refractivity contribution < 1.29 is 5.11 Å². The molecule has 0 aliphatic heterocycles. The van der Waals surface area contributed by atoms with Crippen molar-refractivity contribution in [3.8, 4) is 0 Å². The van der Waals surface area contributed by atoms with E-state index in [1.807, 2.05) is 0 Å². The smallest absolute Gasteiger partial charge is 0.0449 e. The Morgan fingerprint density at radius 2 is 2.43 bits per heavy atom. The Kier molecular flexibility index (Phi) is 5.70. The zero-order valence-corrected chi connectivity index (χ0v) is 10.7. The molecule has 0 amide bonds. The van der Waals surface area contributed by atoms with E-state index in [0.717, 1.165) is 23.9 Å². The Hall–Kier alpha value is 0.1000. The number of aliphatic hydroxyl groups is 1. The lowest BCUT2D eigenvalue weighted by Crippen LogP contribution is -2.22. The third-order valence-corrected chi connectivity index (χ3v) is 3.80. The Labute approximate surface area is 97.5 Å². The van der Waals surface area contributed by atoms with Crippen molar-refractivity contribution in [3.63, 3.8) is 0 Å². The minimum atomic E-state index is 0.233. The van der Waals surface area contributed by atoms with Crippen molar-refractivity contribution in [2.75, 3.05) is 13.2 Å². The SMILES string of the molecule is CCCNC(CCO)c1cc(Br)cs1. The summed E-state index contributed by atoms with van der Waals surface area (Å²) in [4.78, 5) is 1.29. The van der Waals surface area contributed by atoms with Crippen molar-refractivity contribution in [3.05, 3.63) is 20.8 Å². The fourth-order valence-electron chi connectivity index (χ4n) is 1.30. The molecule has 14 heavy (non-hydrogen) atoms. The highest BCUT2D eigenvalue weighted by Gasteiger charge is 2.11. The zero-order valence-electron chi connectivity index (χ0n) is 8.29. The summed E-state index contributed by atoms with van der Waals surface area (Å²) in [6, 6.07) is 2.42. The van der Waals surface area contributed by atoms with Gasteiger partial charge in [0.15, 0.2) is 0 Å². The second-order valence-electron chi connectivity index (χ2n) is 3.19. The van der Waals surface area contributed by atoms with Crippen LogP contribution >= 0.6 is 27.3 Å². The lowest BCUT2D eigenvalue weighted by molar-refractivity contribution is 0.266. The molecule has 2 N–H and O–H groups in total. The lowest BCUT2D eigenvalue weighted by atomic mass is 10.2. The summed E-state index contributed by atoms with van der Waals surface area (Å²) in [6.45, 7) is 3.38. The molecule has 1 aromatic rings. The van der Waals surface area contributed by atoms with Gasteiger partial charge >= 0.3 is 0 Å². The predicted octanol–water partition coefficient (Wildman–Crippen LogP) is 2.93. The first-order chi connectivity index (χ1) is 6.77. The zero-order chi connectivity index (χ0) is 10.4. The molecule has 0 aliphatic rings. The fraction of sp³-hybridized carbons (Fsp3) is 0.600. The summed E-state index contributed by atoms with van der Waals surface area (Å²) in [5.41, 5.74) is 0. The highest BCUT2D eigenvalue weighted by Crippen LogP contribution is 2.27. The standard InChI is InChI=1S/C10H16BrNOS/c1-2-4-12-9(3-5-13)10-6-8(11)7-14-10/h6-7,9,12-13H,2-5H2,1H3. The van der Waals surface area contributed by atoms with Crippen molar-refractivity contribution in [2.24, 2.45) is 0 Å². The maximum atomic E-state index is 8.96. The summed E-state index contributed by atoms with van der Waals surface area (Å²) in [5.74, 6) is 0. The Balaban J connectivity index is 2.57. The van der Waals surface area contributed by atoms with Crippen molar-refractivity contribution in [1.29, 1.82) is 0 Å². The number of nitrogens with one attached hydrogen (secondary N) is 1. The van der Waals surface area contributed by atoms with Gasteiger partial charge < -0.3 is 10.4 Å². The predicted molar refractivity (Wildman–Crippen MR) is 64.8 cm³/mol. The molecule has 2 nitrogen and oxygen atoms in total. The van der Waals surface area contributed by atoms with Crippen LogP contribution in [0.1, 0.15) is 30.7 Å². The monoisotopic (exact) mass is 277 g/mol. The maximum Gasteiger partial charge on any atom is 0.0449 e. The molecule has 0 saturated carbocycles. The first kappa shape index (κ1) is 12.2. The average molecular weight is 278 g/mol. The van der Waals surface area contributed by atoms with Crippen molar-refractivity contribution in [1.82, 2.24) is 5.32 Å². The van der Waals surface area contributed by atoms with Crippen LogP contribution in [-0.2, 0) is 0 Å². The summed E-state index contributed by atoms with van der Waals surface area (Å²) in [6.07, 6.45) is 1.90. The van der Waals surface area contributed by atoms with E-state index in [9.17, 15) is 0 Å². The number of hydrogen-bond donors (Lipinski definition) is 2. The van der Waals surface area contributed by atoms with Gasteiger partial charge in [0.25, 0.3) is 0 Å². The van der Waals surface area contributed by atoms with Crippen LogP contribution in [0.5, 0.6) is 0 Å². The summed E-state index contributed by atoms with van der Waals surface area (Å²) >= 11 is 5.17. The molecule has 0 fully saturated rings. The van der Waals surface area contributed by atoms with Crippen LogP contribution < -0.4 is 5.32 Å². The van der Waals surface area contributed by atoms with E-state index >= 15 is 0 Å². The van der Waals surface area contributed by atoms with Crippen LogP contribution in [0.2, 0.25) is 0 Å². The maximum absolute atomic E-state index is 8.96. The number of rotatable bonds is 6. The van der Waals surface area contributed by atoms with Gasteiger partial charge in [-0.25, -0.2) is 0 Å². The fourth-order valence-corrected chi connectivity index (χ4v) is 2.86. The molecule has 1 heterocycles. The number of hydrogen-bond acceptors (Lipinski definition) is 3. The van der Waals surface area contributed by atoms with Gasteiger partial charge in [-0.1, -0.05) is 6.92 Å². The number of halogens is 1. The number of thiophene rings is 1. The highest BCUT2D eigenvalue weighted by molar-refractivity contribution is 9.10. The minimum Gasteiger partial charge on any atom is -0.396 e. The third kappa shape index (κ3) is 3.69. The third-order valence-electron chi connectivity index (χ3n) is 1.99. The largest absolute Gasteiger partial charge is 0.396 e. The molecule has 4 heteroatoms. The van der Waals surface area contributed by atoms with Crippen molar-refractivity contribution in [2.45, 2.75) is 25.8 Å². The van der Waals surface area contributed by atoms with Gasteiger partial charge in [-0.3, -0.25) is 0 Å². The molecule has 1 atom stereocenters. The summed E-state index contributed by atoms with van der Waals surface area (Å²) in [5, 5.41) is 14.5. The highest BCUT2D eigenvalue weighted by atomic mass is 79.9. The van der Waals surface area contributed by atoms with E-state index in [2.05, 4.69) is 39.6 Å². The summed E-state index contributed by atoms with van der Waals surface area (Å²) < 4.78 is 1.12. The Morgan fingerprint density at radius 3 is 2.93 bits per heavy atom. The molecule has 80 valence electrons. The van der Waals surface area contributed by atoms with E-state index in [1.54, 1.807) is 11.3 Å². The van der Waals surface area contributed by atoms with Gasteiger partial charge in [0, 0.05) is 27.4 Å². The minimum absolute atomic E-state index is 0.233. The molecule has 0 aliphatic carbocycles. The van der Waals surface area contributed by atoms with Crippen LogP contribution in [0.25, 0.3) is 0 Å². The van der Waals surface area contributed by atoms with Crippen LogP contribution in [0.4, 0.5) is 0 Å². The first-order valence-corrected chi connectivity index (χ1v) is 6.53. The average Bonchev–Trinajstić information content (AvgIpc) is 2.59. The van der Waals surface area contributed by atoms with Crippen LogP contribution in [-0.4, -0.2) is 18.3 Å². The molecular formula is C10H16BrNOS. The molecule has 1 rings (SSSR count). The second-order valence-corrected chi connectivity index (χ2v) is 5.04. The quantitative estimate of drug-likeness (QED) is 0.838. The molecule has 0 bridgehead atoms. The van der Waals surface area contributed by atoms with E-state index in [-0.39, 0.29) is 6.61 Å². The van der Waals surface area contributed by atoms with Gasteiger partial charge in [-0.15, -0.1) is 11.3 Å². The lowest BCUT2D eigenvalue weighted by Gasteiger charge is -2.15. The molecule has 1 aromatic heterocycles. The van der Waals surface area contributed by atoms with Crippen LogP contribution in [0.15, 0.2) is 15.9 Å². The van der Waals surface area contributed by atoms with Gasteiger partial charge in [-0.2, -0.15) is 0 Å². The van der Waals surface area contributed by atoms with Crippen LogP contribution in [0.3, 0.4) is 0 Å².